The van der Waals surface area contributed by atoms with Crippen LogP contribution < -0.4 is 15.1 Å². The second-order valence-electron chi connectivity index (χ2n) is 6.50. The quantitative estimate of drug-likeness (QED) is 0.808. The molecule has 1 atom stereocenters. The summed E-state index contributed by atoms with van der Waals surface area (Å²) in [6.07, 6.45) is 0.184. The first-order valence-electron chi connectivity index (χ1n) is 8.56. The molecule has 3 amide bonds. The molecule has 0 saturated carbocycles. The Hall–Kier alpha value is -2.67. The standard InChI is InChI=1S/C20H20BrN3O3/c1-13(25)23(2)17-8-6-16(7-9-17)22-20(27)14-10-19(26)24(12-14)18-5-3-4-15(21)11-18/h3-9,11,14H,10,12H2,1-2H3,(H,22,27). The molecule has 2 aromatic rings. The largest absolute Gasteiger partial charge is 0.326 e. The molecule has 0 bridgehead atoms. The lowest BCUT2D eigenvalue weighted by Gasteiger charge is -2.17. The van der Waals surface area contributed by atoms with E-state index in [-0.39, 0.29) is 24.1 Å². The predicted octanol–water partition coefficient (Wildman–Crippen LogP) is 3.42. The minimum Gasteiger partial charge on any atom is -0.326 e. The first kappa shape index (κ1) is 19.1. The summed E-state index contributed by atoms with van der Waals surface area (Å²) in [5.74, 6) is -0.722. The van der Waals surface area contributed by atoms with Crippen molar-refractivity contribution in [3.8, 4) is 0 Å². The molecule has 6 nitrogen and oxygen atoms in total. The van der Waals surface area contributed by atoms with Crippen LogP contribution in [0.3, 0.4) is 0 Å². The summed E-state index contributed by atoms with van der Waals surface area (Å²) in [5, 5.41) is 2.85. The van der Waals surface area contributed by atoms with Gasteiger partial charge in [0, 0.05) is 48.5 Å². The van der Waals surface area contributed by atoms with Crippen LogP contribution in [0.1, 0.15) is 13.3 Å². The third-order valence-corrected chi connectivity index (χ3v) is 5.10. The zero-order valence-electron chi connectivity index (χ0n) is 15.1. The highest BCUT2D eigenvalue weighted by Gasteiger charge is 2.35. The van der Waals surface area contributed by atoms with Gasteiger partial charge in [-0.15, -0.1) is 0 Å². The lowest BCUT2D eigenvalue weighted by molar-refractivity contribution is -0.122. The van der Waals surface area contributed by atoms with E-state index in [1.165, 1.54) is 11.8 Å². The van der Waals surface area contributed by atoms with Gasteiger partial charge < -0.3 is 15.1 Å². The molecule has 0 radical (unpaired) electrons. The maximum absolute atomic E-state index is 12.6. The van der Waals surface area contributed by atoms with Gasteiger partial charge in [0.05, 0.1) is 5.92 Å². The number of benzene rings is 2. The van der Waals surface area contributed by atoms with Crippen LogP contribution >= 0.6 is 15.9 Å². The number of halogens is 1. The van der Waals surface area contributed by atoms with Crippen LogP contribution in [0.25, 0.3) is 0 Å². The molecule has 7 heteroatoms. The average Bonchev–Trinajstić information content (AvgIpc) is 3.03. The van der Waals surface area contributed by atoms with Gasteiger partial charge in [0.1, 0.15) is 0 Å². The third kappa shape index (κ3) is 4.36. The van der Waals surface area contributed by atoms with Crippen LogP contribution in [0.2, 0.25) is 0 Å². The Morgan fingerprint density at radius 1 is 1.19 bits per heavy atom. The average molecular weight is 430 g/mol. The van der Waals surface area contributed by atoms with Gasteiger partial charge in [0.2, 0.25) is 17.7 Å². The van der Waals surface area contributed by atoms with Crippen molar-refractivity contribution in [1.82, 2.24) is 0 Å². The van der Waals surface area contributed by atoms with Crippen LogP contribution in [-0.2, 0) is 14.4 Å². The van der Waals surface area contributed by atoms with E-state index in [1.807, 2.05) is 24.3 Å². The smallest absolute Gasteiger partial charge is 0.229 e. The molecule has 0 spiro atoms. The van der Waals surface area contributed by atoms with E-state index in [2.05, 4.69) is 21.2 Å². The fourth-order valence-electron chi connectivity index (χ4n) is 2.97. The molecule has 1 aliphatic rings. The van der Waals surface area contributed by atoms with Crippen LogP contribution in [0.4, 0.5) is 17.1 Å². The van der Waals surface area contributed by atoms with E-state index in [1.54, 1.807) is 36.2 Å². The van der Waals surface area contributed by atoms with Gasteiger partial charge in [0.15, 0.2) is 0 Å². The summed E-state index contributed by atoms with van der Waals surface area (Å²) in [7, 11) is 1.69. The minimum absolute atomic E-state index is 0.0633. The lowest BCUT2D eigenvalue weighted by atomic mass is 10.1. The molecule has 1 aliphatic heterocycles. The summed E-state index contributed by atoms with van der Waals surface area (Å²) >= 11 is 3.40. The molecule has 0 aromatic heterocycles. The molecule has 3 rings (SSSR count). The number of amides is 3. The normalized spacial score (nSPS) is 16.3. The highest BCUT2D eigenvalue weighted by atomic mass is 79.9. The van der Waals surface area contributed by atoms with Crippen molar-refractivity contribution in [2.75, 3.05) is 28.7 Å². The molecule has 1 unspecified atom stereocenters. The number of hydrogen-bond donors (Lipinski definition) is 1. The van der Waals surface area contributed by atoms with Crippen molar-refractivity contribution in [2.24, 2.45) is 5.92 Å². The monoisotopic (exact) mass is 429 g/mol. The second-order valence-corrected chi connectivity index (χ2v) is 7.42. The molecule has 1 N–H and O–H groups in total. The van der Waals surface area contributed by atoms with Crippen molar-refractivity contribution < 1.29 is 14.4 Å². The molecule has 27 heavy (non-hydrogen) atoms. The first-order chi connectivity index (χ1) is 12.8. The zero-order chi connectivity index (χ0) is 19.6. The number of nitrogens with zero attached hydrogens (tertiary/aromatic N) is 2. The third-order valence-electron chi connectivity index (χ3n) is 4.61. The van der Waals surface area contributed by atoms with Gasteiger partial charge in [0.25, 0.3) is 0 Å². The highest BCUT2D eigenvalue weighted by Crippen LogP contribution is 2.28. The Balaban J connectivity index is 1.65. The van der Waals surface area contributed by atoms with Gasteiger partial charge in [-0.25, -0.2) is 0 Å². The van der Waals surface area contributed by atoms with E-state index in [9.17, 15) is 14.4 Å². The Bertz CT molecular complexity index is 882. The fraction of sp³-hybridized carbons (Fsp3) is 0.250. The second kappa shape index (κ2) is 7.92. The molecular formula is C20H20BrN3O3. The van der Waals surface area contributed by atoms with E-state index in [4.69, 9.17) is 0 Å². The minimum atomic E-state index is -0.406. The van der Waals surface area contributed by atoms with Crippen LogP contribution in [0.15, 0.2) is 53.0 Å². The summed E-state index contributed by atoms with van der Waals surface area (Å²) < 4.78 is 0.885. The van der Waals surface area contributed by atoms with Crippen LogP contribution in [0, 0.1) is 5.92 Å². The number of anilines is 3. The van der Waals surface area contributed by atoms with Crippen LogP contribution in [-0.4, -0.2) is 31.3 Å². The fourth-order valence-corrected chi connectivity index (χ4v) is 3.36. The van der Waals surface area contributed by atoms with Crippen molar-refractivity contribution in [3.05, 3.63) is 53.0 Å². The van der Waals surface area contributed by atoms with E-state index in [0.717, 1.165) is 15.8 Å². The van der Waals surface area contributed by atoms with E-state index >= 15 is 0 Å². The van der Waals surface area contributed by atoms with Gasteiger partial charge in [-0.3, -0.25) is 14.4 Å². The topological polar surface area (TPSA) is 69.7 Å². The molecule has 0 aliphatic carbocycles. The number of nitrogens with one attached hydrogen (secondary N) is 1. The summed E-state index contributed by atoms with van der Waals surface area (Å²) in [4.78, 5) is 39.5. The Labute approximate surface area is 166 Å². The first-order valence-corrected chi connectivity index (χ1v) is 9.35. The maximum atomic E-state index is 12.6. The lowest BCUT2D eigenvalue weighted by Crippen LogP contribution is -2.28. The molecule has 1 fully saturated rings. The summed E-state index contributed by atoms with van der Waals surface area (Å²) in [5.41, 5.74) is 2.16. The van der Waals surface area contributed by atoms with Crippen molar-refractivity contribution in [3.63, 3.8) is 0 Å². The SMILES string of the molecule is CC(=O)N(C)c1ccc(NC(=O)C2CC(=O)N(c3cccc(Br)c3)C2)cc1. The highest BCUT2D eigenvalue weighted by molar-refractivity contribution is 9.10. The predicted molar refractivity (Wildman–Crippen MR) is 109 cm³/mol. The van der Waals surface area contributed by atoms with Crippen molar-refractivity contribution in [2.45, 2.75) is 13.3 Å². The van der Waals surface area contributed by atoms with Gasteiger partial charge in [-0.2, -0.15) is 0 Å². The Morgan fingerprint density at radius 2 is 1.89 bits per heavy atom. The number of rotatable bonds is 4. The summed E-state index contributed by atoms with van der Waals surface area (Å²) in [6.45, 7) is 1.84. The molecule has 1 saturated heterocycles. The van der Waals surface area contributed by atoms with E-state index < -0.39 is 5.92 Å². The molecule has 140 valence electrons. The molecular weight excluding hydrogens is 410 g/mol. The van der Waals surface area contributed by atoms with Gasteiger partial charge >= 0.3 is 0 Å². The van der Waals surface area contributed by atoms with E-state index in [0.29, 0.717) is 12.2 Å². The Morgan fingerprint density at radius 3 is 2.52 bits per heavy atom. The van der Waals surface area contributed by atoms with Crippen molar-refractivity contribution >= 4 is 50.7 Å². The van der Waals surface area contributed by atoms with Gasteiger partial charge in [-0.1, -0.05) is 22.0 Å². The zero-order valence-corrected chi connectivity index (χ0v) is 16.7. The van der Waals surface area contributed by atoms with Crippen molar-refractivity contribution in [1.29, 1.82) is 0 Å². The number of hydrogen-bond acceptors (Lipinski definition) is 3. The Kier molecular flexibility index (Phi) is 5.60. The molecule has 1 heterocycles. The van der Waals surface area contributed by atoms with Gasteiger partial charge in [-0.05, 0) is 42.5 Å². The van der Waals surface area contributed by atoms with Crippen LogP contribution in [0.5, 0.6) is 0 Å². The number of carbonyl (C=O) groups is 3. The number of carbonyl (C=O) groups excluding carboxylic acids is 3. The molecule has 2 aromatic carbocycles. The summed E-state index contributed by atoms with van der Waals surface area (Å²) in [6, 6.07) is 14.5. The maximum Gasteiger partial charge on any atom is 0.229 e.